The molecule has 0 spiro atoms. The molecule has 0 aromatic heterocycles. The van der Waals surface area contributed by atoms with Gasteiger partial charge in [0.05, 0.1) is 13.7 Å². The van der Waals surface area contributed by atoms with Gasteiger partial charge in [0.15, 0.2) is 0 Å². The highest BCUT2D eigenvalue weighted by atomic mass is 16.7. The Balaban J connectivity index is 2.64. The molecule has 1 aliphatic heterocycles. The predicted molar refractivity (Wildman–Crippen MR) is 134 cm³/mol. The number of aliphatic hydroxyl groups excluding tert-OH is 4. The molecule has 1 heterocycles. The Kier molecular flexibility index (Phi) is 13.6. The lowest BCUT2D eigenvalue weighted by molar-refractivity contribution is -0.291. The minimum Gasteiger partial charge on any atom is -0.466 e. The van der Waals surface area contributed by atoms with Crippen LogP contribution in [0.3, 0.4) is 0 Å². The lowest BCUT2D eigenvalue weighted by Crippen LogP contribution is -2.59. The molecule has 198 valence electrons. The Labute approximate surface area is 211 Å². The maximum absolute atomic E-state index is 12.3. The van der Waals surface area contributed by atoms with Crippen molar-refractivity contribution in [3.8, 4) is 0 Å². The van der Waals surface area contributed by atoms with Crippen LogP contribution in [-0.2, 0) is 23.8 Å². The summed E-state index contributed by atoms with van der Waals surface area (Å²) in [6.45, 7) is 6.38. The molecule has 1 aliphatic rings. The van der Waals surface area contributed by atoms with E-state index in [2.05, 4.69) is 4.74 Å². The number of aliphatic hydroxyl groups is 4. The van der Waals surface area contributed by atoms with Crippen LogP contribution < -0.4 is 0 Å². The molecule has 9 heteroatoms. The predicted octanol–water partition coefficient (Wildman–Crippen LogP) is 1.96. The highest BCUT2D eigenvalue weighted by Crippen LogP contribution is 2.22. The van der Waals surface area contributed by atoms with Gasteiger partial charge in [-0.1, -0.05) is 71.9 Å². The van der Waals surface area contributed by atoms with Gasteiger partial charge in [0, 0.05) is 11.1 Å². The molecule has 0 aromatic carbocycles. The van der Waals surface area contributed by atoms with Crippen LogP contribution in [0.25, 0.3) is 0 Å². The first kappa shape index (κ1) is 31.0. The second-order valence-electron chi connectivity index (χ2n) is 8.22. The lowest BCUT2D eigenvalue weighted by atomic mass is 9.99. The smallest absolute Gasteiger partial charge is 0.336 e. The molecule has 36 heavy (non-hydrogen) atoms. The zero-order valence-corrected chi connectivity index (χ0v) is 21.2. The number of ether oxygens (including phenoxy) is 3. The molecule has 1 saturated heterocycles. The second kappa shape index (κ2) is 15.8. The summed E-state index contributed by atoms with van der Waals surface area (Å²) in [5.41, 5.74) is 2.62. The Morgan fingerprint density at radius 3 is 1.72 bits per heavy atom. The van der Waals surface area contributed by atoms with E-state index in [-0.39, 0.29) is 11.5 Å². The molecule has 1 fully saturated rings. The van der Waals surface area contributed by atoms with Gasteiger partial charge in [-0.15, -0.1) is 0 Å². The third-order valence-electron chi connectivity index (χ3n) is 5.14. The number of rotatable bonds is 10. The number of methoxy groups -OCH3 is 1. The zero-order chi connectivity index (χ0) is 27.3. The summed E-state index contributed by atoms with van der Waals surface area (Å²) in [6.07, 6.45) is 10.3. The molecule has 9 nitrogen and oxygen atoms in total. The number of carbonyl (C=O) groups excluding carboxylic acids is 2. The van der Waals surface area contributed by atoms with E-state index in [0.29, 0.717) is 5.57 Å². The van der Waals surface area contributed by atoms with E-state index in [4.69, 9.17) is 9.47 Å². The van der Waals surface area contributed by atoms with Crippen LogP contribution in [0.2, 0.25) is 0 Å². The zero-order valence-electron chi connectivity index (χ0n) is 21.2. The van der Waals surface area contributed by atoms with E-state index in [1.807, 2.05) is 44.2 Å². The molecule has 0 bridgehead atoms. The first-order chi connectivity index (χ1) is 17.0. The molecule has 0 radical (unpaired) electrons. The van der Waals surface area contributed by atoms with Crippen molar-refractivity contribution >= 4 is 11.9 Å². The average molecular weight is 505 g/mol. The first-order valence-corrected chi connectivity index (χ1v) is 11.3. The van der Waals surface area contributed by atoms with Gasteiger partial charge >= 0.3 is 11.9 Å². The lowest BCUT2D eigenvalue weighted by Gasteiger charge is -2.39. The van der Waals surface area contributed by atoms with Gasteiger partial charge < -0.3 is 34.6 Å². The SMILES string of the molecule is COC(=O)/C(C)=C/C=C/C(C)=C\C=C\C=C(C)\C=C\C=C(/C)C(=O)O[C@@H]1O[C@H](CO)[C@@H](O)[C@H](O)[C@H]1O. The molecule has 1 rings (SSSR count). The van der Waals surface area contributed by atoms with Crippen molar-refractivity contribution in [2.24, 2.45) is 0 Å². The third-order valence-corrected chi connectivity index (χ3v) is 5.14. The van der Waals surface area contributed by atoms with Gasteiger partial charge in [0.1, 0.15) is 24.4 Å². The molecule has 5 atom stereocenters. The highest BCUT2D eigenvalue weighted by molar-refractivity contribution is 5.88. The van der Waals surface area contributed by atoms with Gasteiger partial charge in [-0.25, -0.2) is 9.59 Å². The monoisotopic (exact) mass is 504 g/mol. The van der Waals surface area contributed by atoms with Gasteiger partial charge in [0.2, 0.25) is 6.29 Å². The molecular formula is C27H36O9. The fraction of sp³-hybridized carbons (Fsp3) is 0.407. The van der Waals surface area contributed by atoms with Crippen molar-refractivity contribution in [3.63, 3.8) is 0 Å². The van der Waals surface area contributed by atoms with Crippen LogP contribution in [0.5, 0.6) is 0 Å². The minimum absolute atomic E-state index is 0.216. The quantitative estimate of drug-likeness (QED) is 0.199. The highest BCUT2D eigenvalue weighted by Gasteiger charge is 2.45. The fourth-order valence-electron chi connectivity index (χ4n) is 2.87. The van der Waals surface area contributed by atoms with Crippen LogP contribution in [0.1, 0.15) is 27.7 Å². The minimum atomic E-state index is -1.65. The van der Waals surface area contributed by atoms with Crippen LogP contribution in [-0.4, -0.2) is 76.8 Å². The first-order valence-electron chi connectivity index (χ1n) is 11.3. The van der Waals surface area contributed by atoms with Gasteiger partial charge in [-0.2, -0.15) is 0 Å². The third kappa shape index (κ3) is 10.3. The van der Waals surface area contributed by atoms with Gasteiger partial charge in [-0.05, 0) is 27.7 Å². The van der Waals surface area contributed by atoms with E-state index < -0.39 is 43.3 Å². The van der Waals surface area contributed by atoms with Crippen molar-refractivity contribution in [1.29, 1.82) is 0 Å². The van der Waals surface area contributed by atoms with Gasteiger partial charge in [0.25, 0.3) is 0 Å². The van der Waals surface area contributed by atoms with Crippen LogP contribution >= 0.6 is 0 Å². The standard InChI is InChI=1S/C27H36O9/c1-17(12-8-14-19(3)25(32)34-5)10-6-7-11-18(2)13-9-15-20(4)26(33)36-27-24(31)23(30)22(29)21(16-28)35-27/h6-15,21-24,27-31H,16H2,1-5H3/b7-6+,12-8+,13-9+,17-10-,18-11+,19-14+,20-15+/t21-,22-,23+,24-,27+/m1/s1. The number of hydrogen-bond acceptors (Lipinski definition) is 9. The molecule has 0 aromatic rings. The second-order valence-corrected chi connectivity index (χ2v) is 8.22. The Morgan fingerprint density at radius 2 is 1.25 bits per heavy atom. The summed E-state index contributed by atoms with van der Waals surface area (Å²) in [6, 6.07) is 0. The topological polar surface area (TPSA) is 143 Å². The van der Waals surface area contributed by atoms with Crippen molar-refractivity contribution in [2.45, 2.75) is 58.4 Å². The van der Waals surface area contributed by atoms with E-state index in [1.54, 1.807) is 31.2 Å². The van der Waals surface area contributed by atoms with Crippen LogP contribution in [0.4, 0.5) is 0 Å². The molecule has 0 amide bonds. The fourth-order valence-corrected chi connectivity index (χ4v) is 2.87. The summed E-state index contributed by atoms with van der Waals surface area (Å²) < 4.78 is 14.9. The van der Waals surface area contributed by atoms with E-state index >= 15 is 0 Å². The Hall–Kier alpha value is -3.08. The maximum atomic E-state index is 12.3. The average Bonchev–Trinajstić information content (AvgIpc) is 2.86. The van der Waals surface area contributed by atoms with E-state index in [0.717, 1.165) is 11.1 Å². The summed E-state index contributed by atoms with van der Waals surface area (Å²) in [7, 11) is 1.34. The number of esters is 2. The number of hydrogen-bond donors (Lipinski definition) is 4. The maximum Gasteiger partial charge on any atom is 0.336 e. The Bertz CT molecular complexity index is 964. The van der Waals surface area contributed by atoms with Crippen molar-refractivity contribution in [2.75, 3.05) is 13.7 Å². The van der Waals surface area contributed by atoms with E-state index in [9.17, 15) is 30.0 Å². The molecule has 4 N–H and O–H groups in total. The summed E-state index contributed by atoms with van der Waals surface area (Å²) in [4.78, 5) is 23.6. The molecule has 0 saturated carbocycles. The van der Waals surface area contributed by atoms with E-state index in [1.165, 1.54) is 20.1 Å². The van der Waals surface area contributed by atoms with Crippen molar-refractivity contribution in [3.05, 3.63) is 83.1 Å². The summed E-state index contributed by atoms with van der Waals surface area (Å²) >= 11 is 0. The van der Waals surface area contributed by atoms with Crippen LogP contribution in [0.15, 0.2) is 83.1 Å². The van der Waals surface area contributed by atoms with Crippen molar-refractivity contribution in [1.82, 2.24) is 0 Å². The van der Waals surface area contributed by atoms with Crippen molar-refractivity contribution < 1.29 is 44.2 Å². The molecule has 0 unspecified atom stereocenters. The molecular weight excluding hydrogens is 468 g/mol. The molecule has 0 aliphatic carbocycles. The Morgan fingerprint density at radius 1 is 0.750 bits per heavy atom. The van der Waals surface area contributed by atoms with Crippen LogP contribution in [0, 0.1) is 0 Å². The van der Waals surface area contributed by atoms with Gasteiger partial charge in [-0.3, -0.25) is 0 Å². The largest absolute Gasteiger partial charge is 0.466 e. The summed E-state index contributed by atoms with van der Waals surface area (Å²) in [5, 5.41) is 38.7. The number of carbonyl (C=O) groups is 2. The summed E-state index contributed by atoms with van der Waals surface area (Å²) in [5.74, 6) is -1.15. The number of allylic oxidation sites excluding steroid dienone is 12. The normalized spacial score (nSPS) is 26.8.